The fourth-order valence-corrected chi connectivity index (χ4v) is 4.19. The molecule has 0 amide bonds. The average molecular weight is 420 g/mol. The van der Waals surface area contributed by atoms with Gasteiger partial charge in [0.05, 0.1) is 10.0 Å². The van der Waals surface area contributed by atoms with Gasteiger partial charge in [0.15, 0.2) is 0 Å². The van der Waals surface area contributed by atoms with Crippen molar-refractivity contribution in [1.29, 1.82) is 0 Å². The van der Waals surface area contributed by atoms with Crippen LogP contribution >= 0.6 is 23.2 Å². The molecule has 28 heavy (non-hydrogen) atoms. The number of benzene rings is 1. The number of nitrogens with zero attached hydrogens (tertiary/aromatic N) is 4. The van der Waals surface area contributed by atoms with Gasteiger partial charge in [-0.05, 0) is 36.9 Å². The summed E-state index contributed by atoms with van der Waals surface area (Å²) in [5.41, 5.74) is 7.89. The van der Waals surface area contributed by atoms with Crippen LogP contribution < -0.4 is 16.2 Å². The summed E-state index contributed by atoms with van der Waals surface area (Å²) >= 11 is 12.5. The molecule has 0 spiro atoms. The Hall–Kier alpha value is -2.02. The third-order valence-corrected chi connectivity index (χ3v) is 6.68. The molecule has 0 saturated carbocycles. The Morgan fingerprint density at radius 2 is 1.89 bits per heavy atom. The van der Waals surface area contributed by atoms with Crippen molar-refractivity contribution in [2.45, 2.75) is 19.8 Å². The SMILES string of the molecule is Cn1c(N2CCC(C)(CN)CC2)nn2ccc(-c3cccc(Cl)c3Cl)c2c1=O. The molecular weight excluding hydrogens is 397 g/mol. The molecule has 0 bridgehead atoms. The van der Waals surface area contributed by atoms with Crippen LogP contribution in [0.2, 0.25) is 10.0 Å². The highest BCUT2D eigenvalue weighted by atomic mass is 35.5. The number of aromatic nitrogens is 3. The minimum absolute atomic E-state index is 0.117. The standard InChI is InChI=1S/C20H23Cl2N5O/c1-20(12-23)7-10-26(11-8-20)19-24-27-9-6-14(17(27)18(28)25(19)2)13-4-3-5-15(21)16(13)22/h3-6,9H,7-8,10-12,23H2,1-2H3. The van der Waals surface area contributed by atoms with Crippen molar-refractivity contribution in [2.75, 3.05) is 24.5 Å². The molecule has 1 aromatic carbocycles. The van der Waals surface area contributed by atoms with Crippen LogP contribution in [-0.2, 0) is 7.05 Å². The molecular formula is C20H23Cl2N5O. The molecule has 6 nitrogen and oxygen atoms in total. The molecule has 3 aromatic rings. The van der Waals surface area contributed by atoms with E-state index in [1.54, 1.807) is 28.4 Å². The predicted octanol–water partition coefficient (Wildman–Crippen LogP) is 3.57. The number of nitrogens with two attached hydrogens (primary N) is 1. The van der Waals surface area contributed by atoms with Crippen molar-refractivity contribution in [1.82, 2.24) is 14.2 Å². The average Bonchev–Trinajstić information content (AvgIpc) is 3.11. The summed E-state index contributed by atoms with van der Waals surface area (Å²) in [7, 11) is 1.76. The van der Waals surface area contributed by atoms with Crippen LogP contribution in [0, 0.1) is 5.41 Å². The van der Waals surface area contributed by atoms with Gasteiger partial charge in [-0.2, -0.15) is 0 Å². The Kier molecular flexibility index (Phi) is 4.89. The number of halogens is 2. The number of hydrogen-bond acceptors (Lipinski definition) is 4. The van der Waals surface area contributed by atoms with Gasteiger partial charge in [-0.1, -0.05) is 42.3 Å². The molecule has 0 unspecified atom stereocenters. The Morgan fingerprint density at radius 1 is 1.18 bits per heavy atom. The van der Waals surface area contributed by atoms with E-state index in [2.05, 4.69) is 11.8 Å². The van der Waals surface area contributed by atoms with Crippen molar-refractivity contribution in [2.24, 2.45) is 18.2 Å². The Morgan fingerprint density at radius 3 is 2.57 bits per heavy atom. The number of rotatable bonds is 3. The zero-order valence-electron chi connectivity index (χ0n) is 16.0. The van der Waals surface area contributed by atoms with Gasteiger partial charge in [-0.3, -0.25) is 9.36 Å². The van der Waals surface area contributed by atoms with Crippen molar-refractivity contribution in [3.63, 3.8) is 0 Å². The minimum Gasteiger partial charge on any atom is -0.341 e. The quantitative estimate of drug-likeness (QED) is 0.704. The molecule has 0 atom stereocenters. The molecule has 0 radical (unpaired) electrons. The number of fused-ring (bicyclic) bond motifs is 1. The summed E-state index contributed by atoms with van der Waals surface area (Å²) in [6.45, 7) is 4.54. The highest BCUT2D eigenvalue weighted by Crippen LogP contribution is 2.35. The minimum atomic E-state index is -0.117. The summed E-state index contributed by atoms with van der Waals surface area (Å²) in [4.78, 5) is 15.4. The van der Waals surface area contributed by atoms with Gasteiger partial charge in [-0.15, -0.1) is 5.10 Å². The number of piperidine rings is 1. The molecule has 8 heteroatoms. The summed E-state index contributed by atoms with van der Waals surface area (Å²) in [5, 5.41) is 5.62. The van der Waals surface area contributed by atoms with Crippen LogP contribution in [0.5, 0.6) is 0 Å². The van der Waals surface area contributed by atoms with E-state index >= 15 is 0 Å². The van der Waals surface area contributed by atoms with E-state index in [-0.39, 0.29) is 11.0 Å². The molecule has 2 aromatic heterocycles. The lowest BCUT2D eigenvalue weighted by Gasteiger charge is -2.39. The molecule has 4 rings (SSSR count). The highest BCUT2D eigenvalue weighted by Gasteiger charge is 2.30. The number of anilines is 1. The maximum absolute atomic E-state index is 13.2. The van der Waals surface area contributed by atoms with E-state index in [1.165, 1.54) is 0 Å². The van der Waals surface area contributed by atoms with Crippen LogP contribution in [-0.4, -0.2) is 33.8 Å². The van der Waals surface area contributed by atoms with Gasteiger partial charge in [0.2, 0.25) is 5.95 Å². The van der Waals surface area contributed by atoms with Gasteiger partial charge < -0.3 is 10.6 Å². The normalized spacial score (nSPS) is 16.7. The van der Waals surface area contributed by atoms with Crippen molar-refractivity contribution in [3.8, 4) is 11.1 Å². The van der Waals surface area contributed by atoms with Gasteiger partial charge in [0.25, 0.3) is 5.56 Å². The van der Waals surface area contributed by atoms with Crippen molar-refractivity contribution < 1.29 is 0 Å². The van der Waals surface area contributed by atoms with Crippen LogP contribution in [0.3, 0.4) is 0 Å². The van der Waals surface area contributed by atoms with Crippen LogP contribution in [0.25, 0.3) is 16.6 Å². The predicted molar refractivity (Wildman–Crippen MR) is 114 cm³/mol. The Bertz CT molecular complexity index is 1100. The molecule has 1 aliphatic heterocycles. The monoisotopic (exact) mass is 419 g/mol. The lowest BCUT2D eigenvalue weighted by atomic mass is 9.81. The third kappa shape index (κ3) is 3.09. The first-order valence-corrected chi connectivity index (χ1v) is 10.1. The second-order valence-corrected chi connectivity index (χ2v) is 8.58. The first-order valence-electron chi connectivity index (χ1n) is 9.32. The topological polar surface area (TPSA) is 68.6 Å². The van der Waals surface area contributed by atoms with Gasteiger partial charge in [0, 0.05) is 37.5 Å². The molecule has 1 saturated heterocycles. The fraction of sp³-hybridized carbons (Fsp3) is 0.400. The molecule has 2 N–H and O–H groups in total. The zero-order chi connectivity index (χ0) is 20.1. The van der Waals surface area contributed by atoms with E-state index in [0.717, 1.165) is 37.1 Å². The Balaban J connectivity index is 1.79. The van der Waals surface area contributed by atoms with Crippen LogP contribution in [0.4, 0.5) is 5.95 Å². The second-order valence-electron chi connectivity index (χ2n) is 7.79. The van der Waals surface area contributed by atoms with E-state index in [9.17, 15) is 4.79 Å². The molecule has 3 heterocycles. The first-order chi connectivity index (χ1) is 13.3. The van der Waals surface area contributed by atoms with E-state index in [4.69, 9.17) is 34.0 Å². The summed E-state index contributed by atoms with van der Waals surface area (Å²) in [5.74, 6) is 0.663. The largest absolute Gasteiger partial charge is 0.341 e. The van der Waals surface area contributed by atoms with Gasteiger partial charge in [0.1, 0.15) is 5.52 Å². The summed E-state index contributed by atoms with van der Waals surface area (Å²) < 4.78 is 3.25. The van der Waals surface area contributed by atoms with Gasteiger partial charge >= 0.3 is 0 Å². The van der Waals surface area contributed by atoms with Crippen LogP contribution in [0.15, 0.2) is 35.3 Å². The summed E-state index contributed by atoms with van der Waals surface area (Å²) in [6.07, 6.45) is 3.75. The number of hydrogen-bond donors (Lipinski definition) is 1. The second kappa shape index (κ2) is 7.10. The lowest BCUT2D eigenvalue weighted by Crippen LogP contribution is -2.44. The van der Waals surface area contributed by atoms with E-state index < -0.39 is 0 Å². The maximum Gasteiger partial charge on any atom is 0.279 e. The van der Waals surface area contributed by atoms with E-state index in [0.29, 0.717) is 28.1 Å². The first kappa shape index (κ1) is 19.3. The molecule has 148 valence electrons. The Labute approximate surface area is 173 Å². The fourth-order valence-electron chi connectivity index (χ4n) is 3.79. The van der Waals surface area contributed by atoms with Crippen molar-refractivity contribution in [3.05, 3.63) is 50.9 Å². The van der Waals surface area contributed by atoms with Crippen molar-refractivity contribution >= 4 is 34.7 Å². The maximum atomic E-state index is 13.2. The molecule has 1 aliphatic rings. The third-order valence-electron chi connectivity index (χ3n) is 5.86. The smallest absolute Gasteiger partial charge is 0.279 e. The van der Waals surface area contributed by atoms with E-state index in [1.807, 2.05) is 18.2 Å². The molecule has 0 aliphatic carbocycles. The summed E-state index contributed by atoms with van der Waals surface area (Å²) in [6, 6.07) is 7.26. The molecule has 1 fully saturated rings. The van der Waals surface area contributed by atoms with Crippen LogP contribution in [0.1, 0.15) is 19.8 Å². The lowest BCUT2D eigenvalue weighted by molar-refractivity contribution is 0.256. The van der Waals surface area contributed by atoms with Gasteiger partial charge in [-0.25, -0.2) is 4.52 Å². The zero-order valence-corrected chi connectivity index (χ0v) is 17.5. The highest BCUT2D eigenvalue weighted by molar-refractivity contribution is 6.43.